The Morgan fingerprint density at radius 3 is 2.43 bits per heavy atom. The maximum atomic E-state index is 12.6. The zero-order chi connectivity index (χ0) is 21.8. The molecule has 0 aromatic heterocycles. The molecule has 154 valence electrons. The number of nitrogens with zero attached hydrogens (tertiary/aromatic N) is 1. The molecule has 3 rings (SSSR count). The Morgan fingerprint density at radius 2 is 1.77 bits per heavy atom. The van der Waals surface area contributed by atoms with Crippen molar-refractivity contribution in [3.63, 3.8) is 0 Å². The number of non-ortho nitro benzene ring substituents is 1. The summed E-state index contributed by atoms with van der Waals surface area (Å²) in [6, 6.07) is 16.3. The van der Waals surface area contributed by atoms with Crippen LogP contribution in [0.3, 0.4) is 0 Å². The number of esters is 1. The van der Waals surface area contributed by atoms with Crippen LogP contribution in [0.1, 0.15) is 37.9 Å². The standard InChI is InChI=1S/C23H22N2O5/c1-14(2)23(27)24-22(17-8-6-9-18(13-17)25(28)29)21-19-10-5-4-7-16(19)11-12-20(21)30-15(3)26/h4-14,22H,1-3H3,(H,24,27)/t22-/m1/s1. The molecule has 0 radical (unpaired) electrons. The molecule has 0 fully saturated rings. The van der Waals surface area contributed by atoms with E-state index >= 15 is 0 Å². The highest BCUT2D eigenvalue weighted by Crippen LogP contribution is 2.37. The van der Waals surface area contributed by atoms with Crippen LogP contribution in [0.15, 0.2) is 60.7 Å². The van der Waals surface area contributed by atoms with Crippen LogP contribution in [0.4, 0.5) is 5.69 Å². The lowest BCUT2D eigenvalue weighted by molar-refractivity contribution is -0.384. The third-order valence-electron chi connectivity index (χ3n) is 4.70. The van der Waals surface area contributed by atoms with Gasteiger partial charge in [-0.1, -0.05) is 56.3 Å². The fourth-order valence-corrected chi connectivity index (χ4v) is 3.27. The lowest BCUT2D eigenvalue weighted by Crippen LogP contribution is -2.33. The summed E-state index contributed by atoms with van der Waals surface area (Å²) in [5.74, 6) is -0.743. The van der Waals surface area contributed by atoms with Crippen LogP contribution in [0, 0.1) is 16.0 Å². The third kappa shape index (κ3) is 4.46. The van der Waals surface area contributed by atoms with Gasteiger partial charge in [-0.05, 0) is 22.4 Å². The minimum absolute atomic E-state index is 0.0921. The Morgan fingerprint density at radius 1 is 1.03 bits per heavy atom. The van der Waals surface area contributed by atoms with Crippen molar-refractivity contribution in [2.45, 2.75) is 26.8 Å². The Labute approximate surface area is 173 Å². The topological polar surface area (TPSA) is 98.5 Å². The van der Waals surface area contributed by atoms with Crippen molar-refractivity contribution in [1.82, 2.24) is 5.32 Å². The molecule has 0 aliphatic heterocycles. The first-order valence-electron chi connectivity index (χ1n) is 9.52. The molecule has 3 aromatic rings. The van der Waals surface area contributed by atoms with Gasteiger partial charge < -0.3 is 10.1 Å². The number of nitro groups is 1. The van der Waals surface area contributed by atoms with Gasteiger partial charge in [0.1, 0.15) is 5.75 Å². The SMILES string of the molecule is CC(=O)Oc1ccc2ccccc2c1[C@H](NC(=O)C(C)C)c1cccc([N+](=O)[O-])c1. The van der Waals surface area contributed by atoms with Gasteiger partial charge in [0, 0.05) is 30.5 Å². The molecule has 0 spiro atoms. The number of amides is 1. The minimum atomic E-state index is -0.750. The van der Waals surface area contributed by atoms with Gasteiger partial charge in [0.2, 0.25) is 5.91 Å². The lowest BCUT2D eigenvalue weighted by Gasteiger charge is -2.24. The van der Waals surface area contributed by atoms with Gasteiger partial charge >= 0.3 is 5.97 Å². The van der Waals surface area contributed by atoms with Crippen LogP contribution in [0.2, 0.25) is 0 Å². The molecular weight excluding hydrogens is 384 g/mol. The molecule has 30 heavy (non-hydrogen) atoms. The predicted molar refractivity (Wildman–Crippen MR) is 113 cm³/mol. The van der Waals surface area contributed by atoms with Crippen LogP contribution in [-0.2, 0) is 9.59 Å². The molecule has 0 bridgehead atoms. The fourth-order valence-electron chi connectivity index (χ4n) is 3.27. The van der Waals surface area contributed by atoms with E-state index in [4.69, 9.17) is 4.74 Å². The van der Waals surface area contributed by atoms with Crippen molar-refractivity contribution in [3.8, 4) is 5.75 Å². The van der Waals surface area contributed by atoms with E-state index in [9.17, 15) is 19.7 Å². The van der Waals surface area contributed by atoms with Crippen LogP contribution in [0.5, 0.6) is 5.75 Å². The van der Waals surface area contributed by atoms with Crippen molar-refractivity contribution in [3.05, 3.63) is 81.9 Å². The number of fused-ring (bicyclic) bond motifs is 1. The molecule has 0 aliphatic carbocycles. The summed E-state index contributed by atoms with van der Waals surface area (Å²) in [6.45, 7) is 4.82. The summed E-state index contributed by atoms with van der Waals surface area (Å²) in [6.07, 6.45) is 0. The zero-order valence-corrected chi connectivity index (χ0v) is 16.9. The number of hydrogen-bond donors (Lipinski definition) is 1. The number of hydrogen-bond acceptors (Lipinski definition) is 5. The summed E-state index contributed by atoms with van der Waals surface area (Å²) in [7, 11) is 0. The molecule has 0 unspecified atom stereocenters. The Balaban J connectivity index is 2.28. The molecule has 7 nitrogen and oxygen atoms in total. The van der Waals surface area contributed by atoms with E-state index in [1.54, 1.807) is 32.0 Å². The van der Waals surface area contributed by atoms with Gasteiger partial charge in [0.05, 0.1) is 11.0 Å². The molecular formula is C23H22N2O5. The van der Waals surface area contributed by atoms with E-state index in [0.717, 1.165) is 10.8 Å². The van der Waals surface area contributed by atoms with E-state index < -0.39 is 16.9 Å². The number of benzene rings is 3. The minimum Gasteiger partial charge on any atom is -0.426 e. The first-order valence-corrected chi connectivity index (χ1v) is 9.52. The quantitative estimate of drug-likeness (QED) is 0.281. The van der Waals surface area contributed by atoms with Gasteiger partial charge in [0.15, 0.2) is 0 Å². The molecule has 1 amide bonds. The summed E-state index contributed by atoms with van der Waals surface area (Å²) in [5, 5.41) is 15.9. The van der Waals surface area contributed by atoms with E-state index in [1.807, 2.05) is 30.3 Å². The number of nitro benzene ring substituents is 1. The third-order valence-corrected chi connectivity index (χ3v) is 4.70. The van der Waals surface area contributed by atoms with Crippen LogP contribution in [0.25, 0.3) is 10.8 Å². The molecule has 0 saturated heterocycles. The van der Waals surface area contributed by atoms with Crippen molar-refractivity contribution in [1.29, 1.82) is 0 Å². The summed E-state index contributed by atoms with van der Waals surface area (Å²) in [5.41, 5.74) is 0.992. The molecule has 1 atom stereocenters. The average Bonchev–Trinajstić information content (AvgIpc) is 2.71. The molecule has 0 heterocycles. The Kier molecular flexibility index (Phi) is 6.11. The van der Waals surface area contributed by atoms with Crippen molar-refractivity contribution >= 4 is 28.3 Å². The smallest absolute Gasteiger partial charge is 0.308 e. The maximum Gasteiger partial charge on any atom is 0.308 e. The van der Waals surface area contributed by atoms with Gasteiger partial charge in [-0.15, -0.1) is 0 Å². The highest BCUT2D eigenvalue weighted by Gasteiger charge is 2.26. The first-order chi connectivity index (χ1) is 14.3. The number of carbonyl (C=O) groups is 2. The number of rotatable bonds is 6. The van der Waals surface area contributed by atoms with Gasteiger partial charge in [-0.3, -0.25) is 19.7 Å². The molecule has 3 aromatic carbocycles. The van der Waals surface area contributed by atoms with Crippen LogP contribution < -0.4 is 10.1 Å². The maximum absolute atomic E-state index is 12.6. The van der Waals surface area contributed by atoms with Gasteiger partial charge in [-0.2, -0.15) is 0 Å². The second kappa shape index (κ2) is 8.73. The van der Waals surface area contributed by atoms with Gasteiger partial charge in [0.25, 0.3) is 5.69 Å². The highest BCUT2D eigenvalue weighted by atomic mass is 16.6. The first kappa shape index (κ1) is 21.0. The van der Waals surface area contributed by atoms with E-state index in [0.29, 0.717) is 16.9 Å². The van der Waals surface area contributed by atoms with E-state index in [-0.39, 0.29) is 17.5 Å². The predicted octanol–water partition coefficient (Wildman–Crippen LogP) is 4.53. The monoisotopic (exact) mass is 406 g/mol. The van der Waals surface area contributed by atoms with Crippen LogP contribution >= 0.6 is 0 Å². The number of ether oxygens (including phenoxy) is 1. The summed E-state index contributed by atoms with van der Waals surface area (Å²) in [4.78, 5) is 35.2. The summed E-state index contributed by atoms with van der Waals surface area (Å²) >= 11 is 0. The number of carbonyl (C=O) groups excluding carboxylic acids is 2. The lowest BCUT2D eigenvalue weighted by atomic mass is 9.92. The molecule has 0 aliphatic rings. The van der Waals surface area contributed by atoms with Crippen molar-refractivity contribution in [2.75, 3.05) is 0 Å². The molecule has 7 heteroatoms. The number of nitrogens with one attached hydrogen (secondary N) is 1. The van der Waals surface area contributed by atoms with Crippen molar-refractivity contribution < 1.29 is 19.2 Å². The second-order valence-corrected chi connectivity index (χ2v) is 7.24. The molecule has 0 saturated carbocycles. The zero-order valence-electron chi connectivity index (χ0n) is 16.9. The van der Waals surface area contributed by atoms with Crippen LogP contribution in [-0.4, -0.2) is 16.8 Å². The fraction of sp³-hybridized carbons (Fsp3) is 0.217. The second-order valence-electron chi connectivity index (χ2n) is 7.24. The summed E-state index contributed by atoms with van der Waals surface area (Å²) < 4.78 is 5.45. The van der Waals surface area contributed by atoms with E-state index in [2.05, 4.69) is 5.32 Å². The Hall–Kier alpha value is -3.74. The highest BCUT2D eigenvalue weighted by molar-refractivity contribution is 5.90. The van der Waals surface area contributed by atoms with Gasteiger partial charge in [-0.25, -0.2) is 0 Å². The normalized spacial score (nSPS) is 11.9. The average molecular weight is 406 g/mol. The molecule has 1 N–H and O–H groups in total. The van der Waals surface area contributed by atoms with Crippen molar-refractivity contribution in [2.24, 2.45) is 5.92 Å². The Bertz CT molecular complexity index is 1120. The van der Waals surface area contributed by atoms with E-state index in [1.165, 1.54) is 19.1 Å². The largest absolute Gasteiger partial charge is 0.426 e.